The van der Waals surface area contributed by atoms with E-state index < -0.39 is 34.2 Å². The van der Waals surface area contributed by atoms with Crippen molar-refractivity contribution >= 4 is 15.9 Å². The third-order valence-corrected chi connectivity index (χ3v) is 5.32. The zero-order valence-corrected chi connectivity index (χ0v) is 14.8. The number of sulfonamides is 1. The molecule has 1 rings (SSSR count). The van der Waals surface area contributed by atoms with Crippen molar-refractivity contribution in [3.8, 4) is 0 Å². The maximum atomic E-state index is 12.2. The SMILES string of the molecule is CCC(N)(CC)CNS(=O)(=O)c1ccc(C(=O)NCC(F)(F)F)cc1. The minimum atomic E-state index is -4.52. The maximum absolute atomic E-state index is 12.2. The molecule has 0 unspecified atom stereocenters. The summed E-state index contributed by atoms with van der Waals surface area (Å²) in [6, 6.07) is 4.60. The molecule has 4 N–H and O–H groups in total. The fourth-order valence-corrected chi connectivity index (χ4v) is 3.03. The second-order valence-corrected chi connectivity index (χ2v) is 7.48. The van der Waals surface area contributed by atoms with Gasteiger partial charge in [-0.25, -0.2) is 13.1 Å². The lowest BCUT2D eigenvalue weighted by Crippen LogP contribution is -2.49. The first-order valence-corrected chi connectivity index (χ1v) is 9.14. The molecule has 0 atom stereocenters. The second kappa shape index (κ2) is 8.15. The van der Waals surface area contributed by atoms with Crippen molar-refractivity contribution in [2.45, 2.75) is 43.3 Å². The molecule has 0 aliphatic rings. The quantitative estimate of drug-likeness (QED) is 0.639. The van der Waals surface area contributed by atoms with E-state index in [1.165, 1.54) is 0 Å². The third-order valence-electron chi connectivity index (χ3n) is 3.90. The van der Waals surface area contributed by atoms with Gasteiger partial charge in [-0.15, -0.1) is 0 Å². The Kier molecular flexibility index (Phi) is 6.98. The molecule has 10 heteroatoms. The molecule has 0 aliphatic carbocycles. The van der Waals surface area contributed by atoms with Gasteiger partial charge in [0, 0.05) is 17.6 Å². The van der Waals surface area contributed by atoms with Crippen LogP contribution in [0.3, 0.4) is 0 Å². The highest BCUT2D eigenvalue weighted by molar-refractivity contribution is 7.89. The molecule has 0 aliphatic heterocycles. The van der Waals surface area contributed by atoms with Crippen molar-refractivity contribution in [3.05, 3.63) is 29.8 Å². The molecule has 25 heavy (non-hydrogen) atoms. The summed E-state index contributed by atoms with van der Waals surface area (Å²) in [4.78, 5) is 11.5. The van der Waals surface area contributed by atoms with Crippen molar-refractivity contribution in [2.75, 3.05) is 13.1 Å². The molecule has 0 saturated carbocycles. The van der Waals surface area contributed by atoms with Gasteiger partial charge in [-0.05, 0) is 37.1 Å². The van der Waals surface area contributed by atoms with E-state index in [0.717, 1.165) is 24.3 Å². The van der Waals surface area contributed by atoms with Gasteiger partial charge in [0.1, 0.15) is 6.54 Å². The molecule has 1 amide bonds. The molecular formula is C15H22F3N3O3S. The van der Waals surface area contributed by atoms with Gasteiger partial charge in [-0.1, -0.05) is 13.8 Å². The highest BCUT2D eigenvalue weighted by Gasteiger charge is 2.28. The molecule has 0 spiro atoms. The summed E-state index contributed by atoms with van der Waals surface area (Å²) in [6.45, 7) is 2.30. The zero-order valence-electron chi connectivity index (χ0n) is 14.0. The summed E-state index contributed by atoms with van der Waals surface area (Å²) < 4.78 is 63.1. The molecule has 1 aromatic rings. The molecule has 0 bridgehead atoms. The number of hydrogen-bond acceptors (Lipinski definition) is 4. The molecule has 0 aromatic heterocycles. The Hall–Kier alpha value is -1.65. The number of nitrogens with one attached hydrogen (secondary N) is 2. The van der Waals surface area contributed by atoms with E-state index in [-0.39, 0.29) is 17.0 Å². The first-order valence-electron chi connectivity index (χ1n) is 7.66. The molecular weight excluding hydrogens is 359 g/mol. The molecule has 1 aromatic carbocycles. The summed E-state index contributed by atoms with van der Waals surface area (Å²) in [5, 5.41) is 1.71. The van der Waals surface area contributed by atoms with Crippen LogP contribution in [0.4, 0.5) is 13.2 Å². The largest absolute Gasteiger partial charge is 0.405 e. The van der Waals surface area contributed by atoms with E-state index >= 15 is 0 Å². The Balaban J connectivity index is 2.79. The summed E-state index contributed by atoms with van der Waals surface area (Å²) in [6.07, 6.45) is -3.34. The van der Waals surface area contributed by atoms with Gasteiger partial charge in [-0.3, -0.25) is 4.79 Å². The monoisotopic (exact) mass is 381 g/mol. The molecule has 0 radical (unpaired) electrons. The molecule has 0 heterocycles. The van der Waals surface area contributed by atoms with Gasteiger partial charge in [-0.2, -0.15) is 13.2 Å². The third kappa shape index (κ3) is 6.63. The summed E-state index contributed by atoms with van der Waals surface area (Å²) >= 11 is 0. The first kappa shape index (κ1) is 21.4. The Labute approximate surface area is 145 Å². The molecule has 0 saturated heterocycles. The average Bonchev–Trinajstić information content (AvgIpc) is 2.57. The number of carbonyl (C=O) groups is 1. The van der Waals surface area contributed by atoms with E-state index in [1.54, 1.807) is 5.32 Å². The number of halogens is 3. The van der Waals surface area contributed by atoms with Gasteiger partial charge in [0.2, 0.25) is 10.0 Å². The predicted octanol–water partition coefficient (Wildman–Crippen LogP) is 1.77. The van der Waals surface area contributed by atoms with Gasteiger partial charge >= 0.3 is 6.18 Å². The number of amides is 1. The first-order chi connectivity index (χ1) is 11.4. The van der Waals surface area contributed by atoms with Crippen LogP contribution in [0.25, 0.3) is 0 Å². The average molecular weight is 381 g/mol. The van der Waals surface area contributed by atoms with Gasteiger partial charge in [0.15, 0.2) is 0 Å². The van der Waals surface area contributed by atoms with Crippen LogP contribution in [0.5, 0.6) is 0 Å². The Morgan fingerprint density at radius 2 is 1.60 bits per heavy atom. The van der Waals surface area contributed by atoms with Crippen molar-refractivity contribution in [3.63, 3.8) is 0 Å². The van der Waals surface area contributed by atoms with Crippen LogP contribution in [0.15, 0.2) is 29.2 Å². The van der Waals surface area contributed by atoms with Crippen molar-refractivity contribution < 1.29 is 26.4 Å². The van der Waals surface area contributed by atoms with Crippen LogP contribution in [-0.4, -0.2) is 39.1 Å². The van der Waals surface area contributed by atoms with E-state index in [0.29, 0.717) is 12.8 Å². The number of hydrogen-bond donors (Lipinski definition) is 3. The smallest absolute Gasteiger partial charge is 0.343 e. The number of benzene rings is 1. The van der Waals surface area contributed by atoms with Crippen molar-refractivity contribution in [2.24, 2.45) is 5.73 Å². The Morgan fingerprint density at radius 3 is 2.04 bits per heavy atom. The number of carbonyl (C=O) groups excluding carboxylic acids is 1. The van der Waals surface area contributed by atoms with E-state index in [2.05, 4.69) is 4.72 Å². The van der Waals surface area contributed by atoms with E-state index in [4.69, 9.17) is 5.73 Å². The molecule has 142 valence electrons. The minimum Gasteiger partial charge on any atom is -0.343 e. The van der Waals surface area contributed by atoms with Crippen LogP contribution >= 0.6 is 0 Å². The van der Waals surface area contributed by atoms with Crippen LogP contribution < -0.4 is 15.8 Å². The van der Waals surface area contributed by atoms with E-state index in [9.17, 15) is 26.4 Å². The van der Waals surface area contributed by atoms with Crippen LogP contribution in [0, 0.1) is 0 Å². The van der Waals surface area contributed by atoms with Crippen molar-refractivity contribution in [1.29, 1.82) is 0 Å². The fourth-order valence-electron chi connectivity index (χ4n) is 1.89. The molecule has 0 fully saturated rings. The van der Waals surface area contributed by atoms with Crippen LogP contribution in [-0.2, 0) is 10.0 Å². The second-order valence-electron chi connectivity index (χ2n) is 5.72. The standard InChI is InChI=1S/C15H22F3N3O3S/c1-3-14(19,4-2)9-21-25(23,24)12-7-5-11(6-8-12)13(22)20-10-15(16,17)18/h5-8,21H,3-4,9-10,19H2,1-2H3,(H,20,22). The molecule has 6 nitrogen and oxygen atoms in total. The van der Waals surface area contributed by atoms with Gasteiger partial charge in [0.05, 0.1) is 4.90 Å². The number of nitrogens with two attached hydrogens (primary N) is 1. The lowest BCUT2D eigenvalue weighted by Gasteiger charge is -2.26. The topological polar surface area (TPSA) is 101 Å². The van der Waals surface area contributed by atoms with E-state index in [1.807, 2.05) is 13.8 Å². The normalized spacial score (nSPS) is 12.9. The Bertz CT molecular complexity index is 684. The van der Waals surface area contributed by atoms with Crippen molar-refractivity contribution in [1.82, 2.24) is 10.0 Å². The zero-order chi connectivity index (χ0) is 19.3. The van der Waals surface area contributed by atoms with Gasteiger partial charge < -0.3 is 11.1 Å². The minimum absolute atomic E-state index is 0.0517. The fraction of sp³-hybridized carbons (Fsp3) is 0.533. The number of alkyl halides is 3. The lowest BCUT2D eigenvalue weighted by molar-refractivity contribution is -0.123. The lowest BCUT2D eigenvalue weighted by atomic mass is 9.95. The van der Waals surface area contributed by atoms with Crippen LogP contribution in [0.1, 0.15) is 37.0 Å². The van der Waals surface area contributed by atoms with Gasteiger partial charge in [0.25, 0.3) is 5.91 Å². The highest BCUT2D eigenvalue weighted by atomic mass is 32.2. The summed E-state index contributed by atoms with van der Waals surface area (Å²) in [5.41, 5.74) is 5.31. The van der Waals surface area contributed by atoms with Crippen LogP contribution in [0.2, 0.25) is 0 Å². The Morgan fingerprint density at radius 1 is 1.08 bits per heavy atom. The summed E-state index contributed by atoms with van der Waals surface area (Å²) in [5.74, 6) is -0.938. The number of rotatable bonds is 8. The predicted molar refractivity (Wildman–Crippen MR) is 87.5 cm³/mol. The summed E-state index contributed by atoms with van der Waals surface area (Å²) in [7, 11) is -3.83. The maximum Gasteiger partial charge on any atom is 0.405 e. The highest BCUT2D eigenvalue weighted by Crippen LogP contribution is 2.15.